The molecule has 3 nitrogen and oxygen atoms in total. The number of hydrogen-bond donors (Lipinski definition) is 1. The Kier molecular flexibility index (Phi) is 3.40. The van der Waals surface area contributed by atoms with Crippen molar-refractivity contribution in [3.8, 4) is 0 Å². The third-order valence-electron chi connectivity index (χ3n) is 3.38. The van der Waals surface area contributed by atoms with Crippen LogP contribution in [0.25, 0.3) is 11.1 Å². The Balaban J connectivity index is 1.83. The number of nitrogen functional groups attached to an aromatic ring is 1. The summed E-state index contributed by atoms with van der Waals surface area (Å²) >= 11 is 1.61. The first kappa shape index (κ1) is 13.1. The van der Waals surface area contributed by atoms with Crippen molar-refractivity contribution in [2.45, 2.75) is 24.8 Å². The van der Waals surface area contributed by atoms with Gasteiger partial charge < -0.3 is 10.2 Å². The minimum atomic E-state index is 0.688. The fraction of sp³-hybridized carbons (Fsp3) is 0.188. The second kappa shape index (κ2) is 5.21. The zero-order chi connectivity index (χ0) is 14.1. The normalized spacial score (nSPS) is 11.1. The van der Waals surface area contributed by atoms with Crippen LogP contribution in [0.2, 0.25) is 0 Å². The van der Waals surface area contributed by atoms with Crippen LogP contribution in [-0.2, 0) is 5.75 Å². The number of oxazole rings is 1. The van der Waals surface area contributed by atoms with Gasteiger partial charge in [0.2, 0.25) is 0 Å². The molecule has 0 amide bonds. The van der Waals surface area contributed by atoms with Crippen LogP contribution >= 0.6 is 11.8 Å². The van der Waals surface area contributed by atoms with Crippen molar-refractivity contribution in [1.82, 2.24) is 4.98 Å². The molecule has 0 saturated heterocycles. The van der Waals surface area contributed by atoms with Crippen LogP contribution in [0.1, 0.15) is 16.7 Å². The molecule has 0 radical (unpaired) electrons. The van der Waals surface area contributed by atoms with Gasteiger partial charge in [-0.15, -0.1) is 0 Å². The molecule has 0 fully saturated rings. The molecule has 0 aliphatic rings. The van der Waals surface area contributed by atoms with Gasteiger partial charge in [0.25, 0.3) is 5.22 Å². The van der Waals surface area contributed by atoms with Gasteiger partial charge in [-0.3, -0.25) is 0 Å². The SMILES string of the molecule is Cc1cccc(C)c1CSc1nc2ccc(N)cc2o1. The molecule has 0 bridgehead atoms. The Hall–Kier alpha value is -1.94. The van der Waals surface area contributed by atoms with Gasteiger partial charge in [0, 0.05) is 17.5 Å². The lowest BCUT2D eigenvalue weighted by Gasteiger charge is -2.07. The highest BCUT2D eigenvalue weighted by atomic mass is 32.2. The van der Waals surface area contributed by atoms with Crippen molar-refractivity contribution in [1.29, 1.82) is 0 Å². The average Bonchev–Trinajstić information content (AvgIpc) is 2.80. The first-order valence-corrected chi connectivity index (χ1v) is 7.46. The minimum Gasteiger partial charge on any atom is -0.431 e. The van der Waals surface area contributed by atoms with Crippen LogP contribution in [0.4, 0.5) is 5.69 Å². The number of aryl methyl sites for hydroxylation is 2. The molecule has 0 atom stereocenters. The highest BCUT2D eigenvalue weighted by molar-refractivity contribution is 7.98. The number of aromatic nitrogens is 1. The number of thioether (sulfide) groups is 1. The van der Waals surface area contributed by atoms with E-state index < -0.39 is 0 Å². The fourth-order valence-corrected chi connectivity index (χ4v) is 3.23. The molecule has 0 aliphatic carbocycles. The molecule has 0 saturated carbocycles. The highest BCUT2D eigenvalue weighted by Crippen LogP contribution is 2.29. The summed E-state index contributed by atoms with van der Waals surface area (Å²) in [6, 6.07) is 11.9. The quantitative estimate of drug-likeness (QED) is 0.575. The average molecular weight is 284 g/mol. The van der Waals surface area contributed by atoms with Gasteiger partial charge in [-0.2, -0.15) is 0 Å². The van der Waals surface area contributed by atoms with E-state index in [1.54, 1.807) is 11.8 Å². The first-order valence-electron chi connectivity index (χ1n) is 6.47. The summed E-state index contributed by atoms with van der Waals surface area (Å²) in [5.41, 5.74) is 12.0. The lowest BCUT2D eigenvalue weighted by atomic mass is 10.1. The number of fused-ring (bicyclic) bond motifs is 1. The predicted octanol–water partition coefficient (Wildman–Crippen LogP) is 4.32. The summed E-state index contributed by atoms with van der Waals surface area (Å²) in [6.45, 7) is 4.27. The number of nitrogens with two attached hydrogens (primary N) is 1. The van der Waals surface area contributed by atoms with Crippen molar-refractivity contribution in [2.75, 3.05) is 5.73 Å². The molecule has 0 unspecified atom stereocenters. The van der Waals surface area contributed by atoms with Crippen LogP contribution in [0.15, 0.2) is 46.0 Å². The van der Waals surface area contributed by atoms with Crippen LogP contribution < -0.4 is 5.73 Å². The molecule has 3 aromatic rings. The van der Waals surface area contributed by atoms with Gasteiger partial charge in [0.05, 0.1) is 0 Å². The van der Waals surface area contributed by atoms with Crippen LogP contribution in [0.3, 0.4) is 0 Å². The maximum Gasteiger partial charge on any atom is 0.257 e. The molecule has 1 aromatic heterocycles. The maximum atomic E-state index is 5.74. The van der Waals surface area contributed by atoms with Crippen molar-refractivity contribution >= 4 is 28.5 Å². The van der Waals surface area contributed by atoms with Crippen molar-refractivity contribution in [2.24, 2.45) is 0 Å². The topological polar surface area (TPSA) is 52.0 Å². The summed E-state index contributed by atoms with van der Waals surface area (Å²) in [4.78, 5) is 4.47. The summed E-state index contributed by atoms with van der Waals surface area (Å²) in [5.74, 6) is 0.862. The van der Waals surface area contributed by atoms with Gasteiger partial charge >= 0.3 is 0 Å². The third kappa shape index (κ3) is 2.51. The molecular weight excluding hydrogens is 268 g/mol. The monoisotopic (exact) mass is 284 g/mol. The van der Waals surface area contributed by atoms with Gasteiger partial charge in [0.1, 0.15) is 5.52 Å². The fourth-order valence-electron chi connectivity index (χ4n) is 2.19. The number of hydrogen-bond acceptors (Lipinski definition) is 4. The van der Waals surface area contributed by atoms with Crippen molar-refractivity contribution in [3.05, 3.63) is 53.1 Å². The lowest BCUT2D eigenvalue weighted by Crippen LogP contribution is -1.90. The third-order valence-corrected chi connectivity index (χ3v) is 4.23. The summed E-state index contributed by atoms with van der Waals surface area (Å²) in [7, 11) is 0. The second-order valence-electron chi connectivity index (χ2n) is 4.87. The molecule has 102 valence electrons. The molecule has 0 spiro atoms. The van der Waals surface area contributed by atoms with E-state index in [9.17, 15) is 0 Å². The molecular formula is C16H16N2OS. The van der Waals surface area contributed by atoms with E-state index in [0.717, 1.165) is 16.9 Å². The van der Waals surface area contributed by atoms with E-state index in [1.807, 2.05) is 18.2 Å². The molecule has 0 aliphatic heterocycles. The second-order valence-corrected chi connectivity index (χ2v) is 5.79. The summed E-state index contributed by atoms with van der Waals surface area (Å²) < 4.78 is 5.72. The standard InChI is InChI=1S/C16H16N2OS/c1-10-4-3-5-11(2)13(10)9-20-16-18-14-7-6-12(17)8-15(14)19-16/h3-8H,9,17H2,1-2H3. The number of nitrogens with zero attached hydrogens (tertiary/aromatic N) is 1. The van der Waals surface area contributed by atoms with Crippen LogP contribution in [0.5, 0.6) is 0 Å². The Bertz CT molecular complexity index is 744. The first-order chi connectivity index (χ1) is 9.63. The van der Waals surface area contributed by atoms with Gasteiger partial charge in [-0.1, -0.05) is 30.0 Å². The number of benzene rings is 2. The molecule has 2 aromatic carbocycles. The Morgan fingerprint density at radius 1 is 1.15 bits per heavy atom. The van der Waals surface area contributed by atoms with E-state index in [4.69, 9.17) is 10.2 Å². The van der Waals surface area contributed by atoms with E-state index in [1.165, 1.54) is 16.7 Å². The van der Waals surface area contributed by atoms with E-state index in [2.05, 4.69) is 37.0 Å². The van der Waals surface area contributed by atoms with Gasteiger partial charge in [0.15, 0.2) is 5.58 Å². The molecule has 20 heavy (non-hydrogen) atoms. The molecule has 1 heterocycles. The number of anilines is 1. The Morgan fingerprint density at radius 2 is 1.90 bits per heavy atom. The van der Waals surface area contributed by atoms with Crippen LogP contribution in [0, 0.1) is 13.8 Å². The molecule has 4 heteroatoms. The van der Waals surface area contributed by atoms with Crippen LogP contribution in [-0.4, -0.2) is 4.98 Å². The lowest BCUT2D eigenvalue weighted by molar-refractivity contribution is 0.489. The van der Waals surface area contributed by atoms with Gasteiger partial charge in [-0.05, 0) is 42.7 Å². The maximum absolute atomic E-state index is 5.74. The van der Waals surface area contributed by atoms with E-state index >= 15 is 0 Å². The number of rotatable bonds is 3. The van der Waals surface area contributed by atoms with E-state index in [0.29, 0.717) is 10.9 Å². The van der Waals surface area contributed by atoms with Crippen molar-refractivity contribution in [3.63, 3.8) is 0 Å². The highest BCUT2D eigenvalue weighted by Gasteiger charge is 2.09. The molecule has 2 N–H and O–H groups in total. The smallest absolute Gasteiger partial charge is 0.257 e. The summed E-state index contributed by atoms with van der Waals surface area (Å²) in [6.07, 6.45) is 0. The Labute approximate surface area is 122 Å². The van der Waals surface area contributed by atoms with Gasteiger partial charge in [-0.25, -0.2) is 4.98 Å². The van der Waals surface area contributed by atoms with Crippen molar-refractivity contribution < 1.29 is 4.42 Å². The zero-order valence-electron chi connectivity index (χ0n) is 11.5. The van der Waals surface area contributed by atoms with E-state index in [-0.39, 0.29) is 0 Å². The summed E-state index contributed by atoms with van der Waals surface area (Å²) in [5, 5.41) is 0.688. The Morgan fingerprint density at radius 3 is 2.65 bits per heavy atom. The minimum absolute atomic E-state index is 0.688. The predicted molar refractivity (Wildman–Crippen MR) is 83.9 cm³/mol. The zero-order valence-corrected chi connectivity index (χ0v) is 12.3. The largest absolute Gasteiger partial charge is 0.431 e. The molecule has 3 rings (SSSR count).